The van der Waals surface area contributed by atoms with Crippen LogP contribution in [0.5, 0.6) is 0 Å². The average molecular weight is 366 g/mol. The van der Waals surface area contributed by atoms with E-state index in [2.05, 4.69) is 25.6 Å². The summed E-state index contributed by atoms with van der Waals surface area (Å²) in [6.07, 6.45) is 5.45. The highest BCUT2D eigenvalue weighted by atomic mass is 16.2. The van der Waals surface area contributed by atoms with Gasteiger partial charge in [-0.05, 0) is 51.7 Å². The molecule has 0 atom stereocenters. The highest BCUT2D eigenvalue weighted by Crippen LogP contribution is 2.26. The molecule has 0 aromatic carbocycles. The van der Waals surface area contributed by atoms with Crippen molar-refractivity contribution in [3.05, 3.63) is 35.8 Å². The van der Waals surface area contributed by atoms with E-state index in [0.717, 1.165) is 36.9 Å². The van der Waals surface area contributed by atoms with Crippen molar-refractivity contribution < 1.29 is 4.79 Å². The standard InChI is InChI=1S/C18H22N8O/c1-11(2)25-10-20-23-17(25)13-7-5-9-15(21-13)22-18(27)26-14-8-4-3-6-12(14)16(19)24-26/h5,7,9-11H,3-4,6,8H2,1-2H3,(H2,19,24)(H,21,22,27). The fraction of sp³-hybridized carbons (Fsp3) is 0.389. The number of aromatic nitrogens is 6. The number of pyridine rings is 1. The zero-order chi connectivity index (χ0) is 19.0. The molecule has 0 unspecified atom stereocenters. The third-order valence-electron chi connectivity index (χ3n) is 4.75. The van der Waals surface area contributed by atoms with E-state index in [4.69, 9.17) is 5.73 Å². The number of carbonyl (C=O) groups excluding carboxylic acids is 1. The normalized spacial score (nSPS) is 13.6. The van der Waals surface area contributed by atoms with Gasteiger partial charge in [0.2, 0.25) is 0 Å². The van der Waals surface area contributed by atoms with Crippen LogP contribution in [-0.2, 0) is 12.8 Å². The maximum Gasteiger partial charge on any atom is 0.347 e. The summed E-state index contributed by atoms with van der Waals surface area (Å²) in [4.78, 5) is 17.2. The molecule has 0 fully saturated rings. The molecule has 4 rings (SSSR count). The smallest absolute Gasteiger partial charge is 0.347 e. The first kappa shape index (κ1) is 17.2. The van der Waals surface area contributed by atoms with E-state index >= 15 is 0 Å². The van der Waals surface area contributed by atoms with Crippen LogP contribution in [0.15, 0.2) is 24.5 Å². The zero-order valence-electron chi connectivity index (χ0n) is 15.4. The Kier molecular flexibility index (Phi) is 4.35. The lowest BCUT2D eigenvalue weighted by molar-refractivity contribution is 0.250. The quantitative estimate of drug-likeness (QED) is 0.736. The predicted molar refractivity (Wildman–Crippen MR) is 101 cm³/mol. The van der Waals surface area contributed by atoms with Crippen LogP contribution < -0.4 is 11.1 Å². The number of nitrogens with zero attached hydrogens (tertiary/aromatic N) is 6. The topological polar surface area (TPSA) is 117 Å². The molecular formula is C18H22N8O. The van der Waals surface area contributed by atoms with Gasteiger partial charge in [-0.25, -0.2) is 9.78 Å². The number of nitrogens with two attached hydrogens (primary N) is 1. The Hall–Kier alpha value is -3.23. The molecular weight excluding hydrogens is 344 g/mol. The third kappa shape index (κ3) is 3.16. The van der Waals surface area contributed by atoms with Crippen LogP contribution in [0.1, 0.15) is 44.0 Å². The molecule has 3 N–H and O–H groups in total. The lowest BCUT2D eigenvalue weighted by atomic mass is 9.97. The highest BCUT2D eigenvalue weighted by molar-refractivity contribution is 5.90. The molecule has 1 amide bonds. The Morgan fingerprint density at radius 3 is 2.89 bits per heavy atom. The second-order valence-corrected chi connectivity index (χ2v) is 6.92. The van der Waals surface area contributed by atoms with E-state index < -0.39 is 0 Å². The first-order valence-corrected chi connectivity index (χ1v) is 9.09. The van der Waals surface area contributed by atoms with Crippen molar-refractivity contribution in [3.8, 4) is 11.5 Å². The number of hydrogen-bond donors (Lipinski definition) is 2. The van der Waals surface area contributed by atoms with Gasteiger partial charge in [0.1, 0.15) is 23.7 Å². The molecule has 3 aromatic heterocycles. The van der Waals surface area contributed by atoms with Crippen LogP contribution in [0.25, 0.3) is 11.5 Å². The molecule has 3 heterocycles. The molecule has 0 radical (unpaired) electrons. The first-order valence-electron chi connectivity index (χ1n) is 9.09. The summed E-state index contributed by atoms with van der Waals surface area (Å²) in [5.41, 5.74) is 8.51. The maximum absolute atomic E-state index is 12.7. The summed E-state index contributed by atoms with van der Waals surface area (Å²) in [6, 6.07) is 5.24. The number of hydrogen-bond acceptors (Lipinski definition) is 6. The first-order chi connectivity index (χ1) is 13.0. The van der Waals surface area contributed by atoms with Gasteiger partial charge in [0, 0.05) is 11.6 Å². The molecule has 27 heavy (non-hydrogen) atoms. The van der Waals surface area contributed by atoms with Crippen molar-refractivity contribution in [2.75, 3.05) is 11.1 Å². The van der Waals surface area contributed by atoms with E-state index in [1.54, 1.807) is 12.4 Å². The highest BCUT2D eigenvalue weighted by Gasteiger charge is 2.23. The Morgan fingerprint density at radius 1 is 1.26 bits per heavy atom. The van der Waals surface area contributed by atoms with Crippen molar-refractivity contribution in [1.29, 1.82) is 0 Å². The molecule has 0 saturated heterocycles. The number of nitrogen functional groups attached to an aromatic ring is 1. The molecule has 9 nitrogen and oxygen atoms in total. The minimum Gasteiger partial charge on any atom is -0.382 e. The zero-order valence-corrected chi connectivity index (χ0v) is 15.4. The van der Waals surface area contributed by atoms with Crippen molar-refractivity contribution in [2.24, 2.45) is 0 Å². The molecule has 140 valence electrons. The van der Waals surface area contributed by atoms with E-state index in [9.17, 15) is 4.79 Å². The lowest BCUT2D eigenvalue weighted by Gasteiger charge is -2.13. The number of fused-ring (bicyclic) bond motifs is 1. The summed E-state index contributed by atoms with van der Waals surface area (Å²) < 4.78 is 3.30. The van der Waals surface area contributed by atoms with E-state index in [1.165, 1.54) is 4.68 Å². The average Bonchev–Trinajstić information content (AvgIpc) is 3.28. The number of rotatable bonds is 3. The minimum atomic E-state index is -0.361. The summed E-state index contributed by atoms with van der Waals surface area (Å²) >= 11 is 0. The second kappa shape index (κ2) is 6.82. The number of anilines is 2. The van der Waals surface area contributed by atoms with Crippen molar-refractivity contribution in [1.82, 2.24) is 29.5 Å². The lowest BCUT2D eigenvalue weighted by Crippen LogP contribution is -2.24. The van der Waals surface area contributed by atoms with Gasteiger partial charge in [-0.15, -0.1) is 15.3 Å². The van der Waals surface area contributed by atoms with Gasteiger partial charge in [-0.2, -0.15) is 4.68 Å². The Morgan fingerprint density at radius 2 is 2.07 bits per heavy atom. The van der Waals surface area contributed by atoms with Crippen LogP contribution in [0.4, 0.5) is 16.4 Å². The van der Waals surface area contributed by atoms with E-state index in [-0.39, 0.29) is 12.1 Å². The van der Waals surface area contributed by atoms with E-state index in [1.807, 2.05) is 30.5 Å². The van der Waals surface area contributed by atoms with Gasteiger partial charge in [0.25, 0.3) is 0 Å². The number of nitrogens with one attached hydrogen (secondary N) is 1. The van der Waals surface area contributed by atoms with Crippen LogP contribution >= 0.6 is 0 Å². The molecule has 9 heteroatoms. The Bertz CT molecular complexity index is 987. The summed E-state index contributed by atoms with van der Waals surface area (Å²) in [5.74, 6) is 1.52. The van der Waals surface area contributed by atoms with Crippen LogP contribution in [-0.4, -0.2) is 35.6 Å². The fourth-order valence-electron chi connectivity index (χ4n) is 3.39. The summed E-state index contributed by atoms with van der Waals surface area (Å²) in [7, 11) is 0. The molecule has 1 aliphatic carbocycles. The third-order valence-corrected chi connectivity index (χ3v) is 4.75. The van der Waals surface area contributed by atoms with Gasteiger partial charge >= 0.3 is 6.03 Å². The Balaban J connectivity index is 1.61. The molecule has 0 aliphatic heterocycles. The molecule has 0 bridgehead atoms. The minimum absolute atomic E-state index is 0.202. The van der Waals surface area contributed by atoms with Crippen molar-refractivity contribution in [2.45, 2.75) is 45.6 Å². The molecule has 1 aliphatic rings. The van der Waals surface area contributed by atoms with Crippen LogP contribution in [0, 0.1) is 0 Å². The van der Waals surface area contributed by atoms with E-state index in [0.29, 0.717) is 23.2 Å². The number of amides is 1. The molecule has 0 saturated carbocycles. The largest absolute Gasteiger partial charge is 0.382 e. The summed E-state index contributed by atoms with van der Waals surface area (Å²) in [5, 5.41) is 15.2. The number of carbonyl (C=O) groups is 1. The van der Waals surface area contributed by atoms with Gasteiger partial charge in [-0.1, -0.05) is 6.07 Å². The molecule has 0 spiro atoms. The van der Waals surface area contributed by atoms with Gasteiger partial charge in [0.05, 0.1) is 5.69 Å². The van der Waals surface area contributed by atoms with Gasteiger partial charge in [-0.3, -0.25) is 5.32 Å². The second-order valence-electron chi connectivity index (χ2n) is 6.92. The van der Waals surface area contributed by atoms with Crippen molar-refractivity contribution in [3.63, 3.8) is 0 Å². The predicted octanol–water partition coefficient (Wildman–Crippen LogP) is 2.66. The Labute approximate surface area is 156 Å². The maximum atomic E-state index is 12.7. The van der Waals surface area contributed by atoms with Crippen LogP contribution in [0.2, 0.25) is 0 Å². The SMILES string of the molecule is CC(C)n1cnnc1-c1cccc(NC(=O)n2nc(N)c3c2CCCC3)n1. The monoisotopic (exact) mass is 366 g/mol. The summed E-state index contributed by atoms with van der Waals surface area (Å²) in [6.45, 7) is 4.09. The van der Waals surface area contributed by atoms with Crippen LogP contribution in [0.3, 0.4) is 0 Å². The fourth-order valence-corrected chi connectivity index (χ4v) is 3.39. The van der Waals surface area contributed by atoms with Gasteiger partial charge in [0.15, 0.2) is 5.82 Å². The molecule has 3 aromatic rings. The van der Waals surface area contributed by atoms with Crippen molar-refractivity contribution >= 4 is 17.7 Å². The van der Waals surface area contributed by atoms with Gasteiger partial charge < -0.3 is 10.3 Å².